The Kier molecular flexibility index (Phi) is 4.97. The zero-order valence-electron chi connectivity index (χ0n) is 11.0. The van der Waals surface area contributed by atoms with Crippen LogP contribution in [0.5, 0.6) is 0 Å². The lowest BCUT2D eigenvalue weighted by Gasteiger charge is -2.09. The molecular formula is C14H14BrFN2O2S. The van der Waals surface area contributed by atoms with Gasteiger partial charge in [0.1, 0.15) is 5.82 Å². The van der Waals surface area contributed by atoms with Crippen molar-refractivity contribution in [2.45, 2.75) is 11.3 Å². The summed E-state index contributed by atoms with van der Waals surface area (Å²) >= 11 is 3.01. The van der Waals surface area contributed by atoms with Gasteiger partial charge in [0, 0.05) is 0 Å². The molecule has 0 aliphatic rings. The van der Waals surface area contributed by atoms with Crippen LogP contribution in [0.1, 0.15) is 5.56 Å². The molecule has 21 heavy (non-hydrogen) atoms. The number of hydrogen-bond acceptors (Lipinski definition) is 3. The van der Waals surface area contributed by atoms with Gasteiger partial charge in [-0.25, -0.2) is 12.8 Å². The van der Waals surface area contributed by atoms with Gasteiger partial charge in [-0.3, -0.25) is 4.72 Å². The second kappa shape index (κ2) is 6.55. The van der Waals surface area contributed by atoms with Crippen molar-refractivity contribution in [3.8, 4) is 0 Å². The summed E-state index contributed by atoms with van der Waals surface area (Å²) in [5, 5.41) is 0. The summed E-state index contributed by atoms with van der Waals surface area (Å²) < 4.78 is 40.4. The van der Waals surface area contributed by atoms with Gasteiger partial charge in [-0.2, -0.15) is 0 Å². The summed E-state index contributed by atoms with van der Waals surface area (Å²) in [4.78, 5) is 0.117. The number of rotatable bonds is 5. The van der Waals surface area contributed by atoms with Crippen molar-refractivity contribution in [2.75, 3.05) is 11.3 Å². The highest BCUT2D eigenvalue weighted by Gasteiger charge is 2.14. The number of hydrogen-bond donors (Lipinski definition) is 2. The monoisotopic (exact) mass is 372 g/mol. The van der Waals surface area contributed by atoms with Crippen LogP contribution in [0, 0.1) is 5.82 Å². The van der Waals surface area contributed by atoms with Crippen molar-refractivity contribution in [2.24, 2.45) is 5.73 Å². The SMILES string of the molecule is NCCc1ccc(S(=O)(=O)Nc2ccc(Br)c(F)c2)cc1. The Balaban J connectivity index is 2.23. The first-order valence-corrected chi connectivity index (χ1v) is 8.47. The maximum absolute atomic E-state index is 13.4. The van der Waals surface area contributed by atoms with Gasteiger partial charge in [-0.05, 0) is 64.8 Å². The maximum Gasteiger partial charge on any atom is 0.261 e. The summed E-state index contributed by atoms with van der Waals surface area (Å²) in [6.45, 7) is 0.502. The first-order valence-electron chi connectivity index (χ1n) is 6.19. The third-order valence-corrected chi connectivity index (χ3v) is 4.88. The minimum Gasteiger partial charge on any atom is -0.330 e. The summed E-state index contributed by atoms with van der Waals surface area (Å²) in [6.07, 6.45) is 0.686. The molecule has 0 amide bonds. The molecule has 3 N–H and O–H groups in total. The van der Waals surface area contributed by atoms with Crippen molar-refractivity contribution in [1.82, 2.24) is 0 Å². The zero-order valence-corrected chi connectivity index (χ0v) is 13.4. The van der Waals surface area contributed by atoms with Crippen LogP contribution in [-0.2, 0) is 16.4 Å². The molecule has 0 bridgehead atoms. The highest BCUT2D eigenvalue weighted by Crippen LogP contribution is 2.22. The van der Waals surface area contributed by atoms with Crippen molar-refractivity contribution in [3.63, 3.8) is 0 Å². The van der Waals surface area contributed by atoms with Crippen LogP contribution >= 0.6 is 15.9 Å². The van der Waals surface area contributed by atoms with Crippen molar-refractivity contribution < 1.29 is 12.8 Å². The molecule has 0 saturated carbocycles. The fourth-order valence-corrected chi connectivity index (χ4v) is 3.07. The van der Waals surface area contributed by atoms with Gasteiger partial charge >= 0.3 is 0 Å². The van der Waals surface area contributed by atoms with E-state index in [0.717, 1.165) is 11.6 Å². The number of benzene rings is 2. The third-order valence-electron chi connectivity index (χ3n) is 2.84. The fourth-order valence-electron chi connectivity index (χ4n) is 1.78. The largest absolute Gasteiger partial charge is 0.330 e. The van der Waals surface area contributed by atoms with Crippen molar-refractivity contribution in [1.29, 1.82) is 0 Å². The van der Waals surface area contributed by atoms with Gasteiger partial charge in [0.05, 0.1) is 15.1 Å². The predicted octanol–water partition coefficient (Wildman–Crippen LogP) is 2.89. The Morgan fingerprint density at radius 3 is 2.38 bits per heavy atom. The molecule has 0 aliphatic heterocycles. The lowest BCUT2D eigenvalue weighted by Crippen LogP contribution is -2.13. The van der Waals surface area contributed by atoms with Gasteiger partial charge in [-0.1, -0.05) is 12.1 Å². The average Bonchev–Trinajstić information content (AvgIpc) is 2.44. The van der Waals surface area contributed by atoms with E-state index in [4.69, 9.17) is 5.73 Å². The first-order chi connectivity index (χ1) is 9.92. The van der Waals surface area contributed by atoms with E-state index in [0.29, 0.717) is 13.0 Å². The van der Waals surface area contributed by atoms with Gasteiger partial charge in [0.25, 0.3) is 10.0 Å². The van der Waals surface area contributed by atoms with Crippen LogP contribution < -0.4 is 10.5 Å². The molecule has 0 fully saturated rings. The van der Waals surface area contributed by atoms with E-state index >= 15 is 0 Å². The van der Waals surface area contributed by atoms with Gasteiger partial charge in [-0.15, -0.1) is 0 Å². The van der Waals surface area contributed by atoms with Crippen LogP contribution in [0.2, 0.25) is 0 Å². The third kappa shape index (κ3) is 4.03. The quantitative estimate of drug-likeness (QED) is 0.847. The minimum atomic E-state index is -3.74. The lowest BCUT2D eigenvalue weighted by atomic mass is 10.2. The van der Waals surface area contributed by atoms with Crippen LogP contribution in [0.15, 0.2) is 51.8 Å². The zero-order chi connectivity index (χ0) is 15.5. The van der Waals surface area contributed by atoms with E-state index in [-0.39, 0.29) is 15.1 Å². The van der Waals surface area contributed by atoms with Crippen LogP contribution in [0.3, 0.4) is 0 Å². The van der Waals surface area contributed by atoms with E-state index in [1.165, 1.54) is 24.3 Å². The van der Waals surface area contributed by atoms with E-state index in [9.17, 15) is 12.8 Å². The molecular weight excluding hydrogens is 359 g/mol. The topological polar surface area (TPSA) is 72.2 Å². The minimum absolute atomic E-state index is 0.117. The smallest absolute Gasteiger partial charge is 0.261 e. The van der Waals surface area contributed by atoms with E-state index < -0.39 is 15.8 Å². The number of nitrogens with one attached hydrogen (secondary N) is 1. The molecule has 0 aromatic heterocycles. The molecule has 0 heterocycles. The van der Waals surface area contributed by atoms with Crippen molar-refractivity contribution in [3.05, 3.63) is 58.3 Å². The van der Waals surface area contributed by atoms with Gasteiger partial charge in [0.2, 0.25) is 0 Å². The standard InChI is InChI=1S/C14H14BrFN2O2S/c15-13-6-3-11(9-14(13)16)18-21(19,20)12-4-1-10(2-5-12)7-8-17/h1-6,9,18H,7-8,17H2. The van der Waals surface area contributed by atoms with E-state index in [1.54, 1.807) is 12.1 Å². The summed E-state index contributed by atoms with van der Waals surface area (Å²) in [7, 11) is -3.74. The molecule has 7 heteroatoms. The number of halogens is 2. The molecule has 0 radical (unpaired) electrons. The summed E-state index contributed by atoms with van der Waals surface area (Å²) in [6, 6.07) is 10.5. The fraction of sp³-hybridized carbons (Fsp3) is 0.143. The average molecular weight is 373 g/mol. The van der Waals surface area contributed by atoms with Gasteiger partial charge < -0.3 is 5.73 Å². The molecule has 2 aromatic carbocycles. The Bertz CT molecular complexity index is 733. The molecule has 0 saturated heterocycles. The molecule has 2 rings (SSSR count). The first kappa shape index (κ1) is 15.9. The highest BCUT2D eigenvalue weighted by atomic mass is 79.9. The Morgan fingerprint density at radius 1 is 1.14 bits per heavy atom. The molecule has 2 aromatic rings. The lowest BCUT2D eigenvalue weighted by molar-refractivity contribution is 0.601. The second-order valence-corrected chi connectivity index (χ2v) is 6.95. The van der Waals surface area contributed by atoms with Crippen LogP contribution in [-0.4, -0.2) is 15.0 Å². The van der Waals surface area contributed by atoms with Crippen molar-refractivity contribution >= 4 is 31.6 Å². The number of sulfonamides is 1. The molecule has 0 aliphatic carbocycles. The van der Waals surface area contributed by atoms with Crippen LogP contribution in [0.25, 0.3) is 0 Å². The predicted molar refractivity (Wildman–Crippen MR) is 84.1 cm³/mol. The summed E-state index contributed by atoms with van der Waals surface area (Å²) in [5.74, 6) is -0.534. The Labute approximate surface area is 131 Å². The maximum atomic E-state index is 13.4. The molecule has 4 nitrogen and oxygen atoms in total. The molecule has 112 valence electrons. The van der Waals surface area contributed by atoms with E-state index in [2.05, 4.69) is 20.7 Å². The number of nitrogens with two attached hydrogens (primary N) is 1. The molecule has 0 spiro atoms. The molecule has 0 unspecified atom stereocenters. The number of anilines is 1. The van der Waals surface area contributed by atoms with E-state index in [1.807, 2.05) is 0 Å². The van der Waals surface area contributed by atoms with Crippen LogP contribution in [0.4, 0.5) is 10.1 Å². The Morgan fingerprint density at radius 2 is 1.81 bits per heavy atom. The normalized spacial score (nSPS) is 11.4. The van der Waals surface area contributed by atoms with Gasteiger partial charge in [0.15, 0.2) is 0 Å². The Hall–Kier alpha value is -1.44. The highest BCUT2D eigenvalue weighted by molar-refractivity contribution is 9.10. The summed E-state index contributed by atoms with van der Waals surface area (Å²) in [5.41, 5.74) is 6.58. The second-order valence-electron chi connectivity index (χ2n) is 4.42. The molecule has 0 atom stereocenters.